The van der Waals surface area contributed by atoms with Gasteiger partial charge in [0.25, 0.3) is 0 Å². The van der Waals surface area contributed by atoms with Crippen LogP contribution in [0.1, 0.15) is 26.7 Å². The van der Waals surface area contributed by atoms with E-state index in [1.54, 1.807) is 0 Å². The fourth-order valence-electron chi connectivity index (χ4n) is 2.03. The van der Waals surface area contributed by atoms with Gasteiger partial charge in [-0.2, -0.15) is 0 Å². The van der Waals surface area contributed by atoms with Crippen molar-refractivity contribution < 1.29 is 4.74 Å². The third kappa shape index (κ3) is 2.27. The predicted molar refractivity (Wildman–Crippen MR) is 59.9 cm³/mol. The normalized spacial score (nSPS) is 27.2. The van der Waals surface area contributed by atoms with Gasteiger partial charge in [-0.1, -0.05) is 25.5 Å². The quantitative estimate of drug-likeness (QED) is 0.622. The third-order valence-electron chi connectivity index (χ3n) is 2.91. The Morgan fingerprint density at radius 1 is 1.71 bits per heavy atom. The second-order valence-corrected chi connectivity index (χ2v) is 3.86. The van der Waals surface area contributed by atoms with Crippen molar-refractivity contribution in [2.75, 3.05) is 6.61 Å². The molecule has 0 spiro atoms. The first-order valence-corrected chi connectivity index (χ1v) is 5.07. The van der Waals surface area contributed by atoms with Gasteiger partial charge in [-0.05, 0) is 36.8 Å². The minimum absolute atomic E-state index is 0.188. The van der Waals surface area contributed by atoms with Crippen LogP contribution >= 0.6 is 0 Å². The van der Waals surface area contributed by atoms with Crippen LogP contribution < -0.4 is 0 Å². The zero-order chi connectivity index (χ0) is 10.6. The number of rotatable bonds is 3. The Hall–Kier alpha value is -1.00. The Morgan fingerprint density at radius 2 is 2.43 bits per heavy atom. The Kier molecular flexibility index (Phi) is 3.98. The van der Waals surface area contributed by atoms with E-state index in [1.807, 2.05) is 6.08 Å². The first-order valence-electron chi connectivity index (χ1n) is 5.07. The highest BCUT2D eigenvalue weighted by Gasteiger charge is 2.25. The van der Waals surface area contributed by atoms with E-state index in [2.05, 4.69) is 26.3 Å². The highest BCUT2D eigenvalue weighted by atomic mass is 16.5. The average molecular weight is 190 g/mol. The maximum Gasteiger partial charge on any atom is 0.108 e. The van der Waals surface area contributed by atoms with Gasteiger partial charge in [0, 0.05) is 0 Å². The van der Waals surface area contributed by atoms with Gasteiger partial charge >= 0.3 is 0 Å². The molecular weight excluding hydrogens is 172 g/mol. The van der Waals surface area contributed by atoms with Gasteiger partial charge in [-0.3, -0.25) is 0 Å². The highest BCUT2D eigenvalue weighted by Crippen LogP contribution is 2.31. The number of ether oxygens (including phenoxy) is 1. The molecule has 0 fully saturated rings. The highest BCUT2D eigenvalue weighted by molar-refractivity contribution is 5.28. The van der Waals surface area contributed by atoms with E-state index < -0.39 is 0 Å². The molecule has 1 aliphatic carbocycles. The van der Waals surface area contributed by atoms with Gasteiger partial charge in [0.15, 0.2) is 0 Å². The smallest absolute Gasteiger partial charge is 0.108 e. The minimum Gasteiger partial charge on any atom is -0.361 e. The molecule has 0 aromatic carbocycles. The molecule has 0 aromatic rings. The summed E-state index contributed by atoms with van der Waals surface area (Å²) >= 11 is 0. The standard InChI is InChI=1S/C13H18O/c1-5-9-14-13-10(3)7-8-12(6-2)11(13)4/h1,6,10,13H,2,7-9H2,3-4H3/t10-,13-/m1/s1. The predicted octanol–water partition coefficient (Wildman–Crippen LogP) is 2.94. The molecule has 0 aromatic heterocycles. The molecule has 0 saturated carbocycles. The third-order valence-corrected chi connectivity index (χ3v) is 2.91. The van der Waals surface area contributed by atoms with Gasteiger partial charge in [0.2, 0.25) is 0 Å². The van der Waals surface area contributed by atoms with E-state index in [4.69, 9.17) is 11.2 Å². The summed E-state index contributed by atoms with van der Waals surface area (Å²) in [6.45, 7) is 8.55. The molecular formula is C13H18O. The fraction of sp³-hybridized carbons (Fsp3) is 0.538. The molecule has 76 valence electrons. The lowest BCUT2D eigenvalue weighted by Gasteiger charge is -2.30. The first kappa shape index (κ1) is 11.1. The van der Waals surface area contributed by atoms with Crippen molar-refractivity contribution in [3.8, 4) is 12.3 Å². The van der Waals surface area contributed by atoms with Crippen molar-refractivity contribution in [3.05, 3.63) is 23.8 Å². The molecule has 1 aliphatic rings. The van der Waals surface area contributed by atoms with Crippen LogP contribution in [0.2, 0.25) is 0 Å². The van der Waals surface area contributed by atoms with Crippen LogP contribution in [0.5, 0.6) is 0 Å². The Bertz CT molecular complexity index is 280. The first-order chi connectivity index (χ1) is 6.70. The SMILES string of the molecule is C#CCO[C@H]1C(C)=C(C=C)CC[C@H]1C. The molecule has 0 saturated heterocycles. The van der Waals surface area contributed by atoms with Gasteiger partial charge in [-0.25, -0.2) is 0 Å². The van der Waals surface area contributed by atoms with Crippen LogP contribution in [0.3, 0.4) is 0 Å². The zero-order valence-electron chi connectivity index (χ0n) is 9.05. The molecule has 0 aliphatic heterocycles. The van der Waals surface area contributed by atoms with Crippen molar-refractivity contribution in [2.45, 2.75) is 32.8 Å². The van der Waals surface area contributed by atoms with Gasteiger partial charge in [0.05, 0.1) is 6.10 Å². The van der Waals surface area contributed by atoms with Crippen LogP contribution in [-0.4, -0.2) is 12.7 Å². The molecule has 0 bridgehead atoms. The van der Waals surface area contributed by atoms with Gasteiger partial charge in [0.1, 0.15) is 6.61 Å². The average Bonchev–Trinajstić information content (AvgIpc) is 2.18. The van der Waals surface area contributed by atoms with Crippen molar-refractivity contribution in [3.63, 3.8) is 0 Å². The van der Waals surface area contributed by atoms with Gasteiger partial charge < -0.3 is 4.74 Å². The van der Waals surface area contributed by atoms with E-state index in [0.717, 1.165) is 12.8 Å². The molecule has 0 heterocycles. The largest absolute Gasteiger partial charge is 0.361 e. The summed E-state index contributed by atoms with van der Waals surface area (Å²) in [5, 5.41) is 0. The second-order valence-electron chi connectivity index (χ2n) is 3.86. The van der Waals surface area contributed by atoms with Gasteiger partial charge in [-0.15, -0.1) is 6.42 Å². The summed E-state index contributed by atoms with van der Waals surface area (Å²) in [4.78, 5) is 0. The topological polar surface area (TPSA) is 9.23 Å². The van der Waals surface area contributed by atoms with Crippen LogP contribution in [0.15, 0.2) is 23.8 Å². The Labute approximate surface area is 86.8 Å². The van der Waals surface area contributed by atoms with Crippen molar-refractivity contribution in [1.29, 1.82) is 0 Å². The van der Waals surface area contributed by atoms with E-state index in [-0.39, 0.29) is 6.10 Å². The molecule has 1 rings (SSSR count). The second kappa shape index (κ2) is 5.02. The van der Waals surface area contributed by atoms with Crippen LogP contribution in [-0.2, 0) is 4.74 Å². The number of hydrogen-bond donors (Lipinski definition) is 0. The molecule has 0 radical (unpaired) electrons. The summed E-state index contributed by atoms with van der Waals surface area (Å²) in [6.07, 6.45) is 9.60. The Balaban J connectivity index is 2.78. The molecule has 0 N–H and O–H groups in total. The summed E-state index contributed by atoms with van der Waals surface area (Å²) in [7, 11) is 0. The lowest BCUT2D eigenvalue weighted by molar-refractivity contribution is 0.0561. The maximum absolute atomic E-state index is 5.65. The van der Waals surface area contributed by atoms with Crippen LogP contribution in [0.25, 0.3) is 0 Å². The lowest BCUT2D eigenvalue weighted by atomic mass is 9.83. The van der Waals surface area contributed by atoms with Crippen molar-refractivity contribution in [1.82, 2.24) is 0 Å². The maximum atomic E-state index is 5.65. The summed E-state index contributed by atoms with van der Waals surface area (Å²) in [5.41, 5.74) is 2.62. The van der Waals surface area contributed by atoms with Crippen molar-refractivity contribution >= 4 is 0 Å². The molecule has 2 atom stereocenters. The zero-order valence-corrected chi connectivity index (χ0v) is 9.05. The van der Waals surface area contributed by atoms with E-state index in [0.29, 0.717) is 12.5 Å². The molecule has 1 nitrogen and oxygen atoms in total. The summed E-state index contributed by atoms with van der Waals surface area (Å²) < 4.78 is 5.65. The van der Waals surface area contributed by atoms with Crippen LogP contribution in [0, 0.1) is 18.3 Å². The minimum atomic E-state index is 0.188. The van der Waals surface area contributed by atoms with E-state index in [1.165, 1.54) is 11.1 Å². The Morgan fingerprint density at radius 3 is 3.00 bits per heavy atom. The summed E-state index contributed by atoms with van der Waals surface area (Å²) in [5.74, 6) is 3.08. The lowest BCUT2D eigenvalue weighted by Crippen LogP contribution is -2.27. The molecule has 1 heteroatoms. The number of allylic oxidation sites excluding steroid dienone is 2. The number of terminal acetylenes is 1. The monoisotopic (exact) mass is 190 g/mol. The van der Waals surface area contributed by atoms with Crippen LogP contribution in [0.4, 0.5) is 0 Å². The van der Waals surface area contributed by atoms with E-state index >= 15 is 0 Å². The fourth-order valence-corrected chi connectivity index (χ4v) is 2.03. The summed E-state index contributed by atoms with van der Waals surface area (Å²) in [6, 6.07) is 0. The number of hydrogen-bond acceptors (Lipinski definition) is 1. The molecule has 0 amide bonds. The molecule has 0 unspecified atom stereocenters. The van der Waals surface area contributed by atoms with Crippen molar-refractivity contribution in [2.24, 2.45) is 5.92 Å². The van der Waals surface area contributed by atoms with E-state index in [9.17, 15) is 0 Å². The molecule has 14 heavy (non-hydrogen) atoms.